The Labute approximate surface area is 469 Å². The lowest BCUT2D eigenvalue weighted by Crippen LogP contribution is -2.45. The lowest BCUT2D eigenvalue weighted by atomic mass is 10.0. The molecule has 0 heterocycles. The summed E-state index contributed by atoms with van der Waals surface area (Å²) in [5.74, 6) is -0.0450. The maximum absolute atomic E-state index is 12.5. The lowest BCUT2D eigenvalue weighted by molar-refractivity contribution is -0.143. The van der Waals surface area contributed by atoms with Crippen molar-refractivity contribution in [2.75, 3.05) is 13.2 Å². The standard InChI is InChI=1S/C69H135NO5/c1-3-5-7-9-11-13-15-16-17-18-19-20-26-29-32-35-38-42-45-49-53-57-61-67(72)66(65-71)70-68(73)62-58-54-50-46-43-39-36-33-30-27-24-22-21-23-25-28-31-34-37-40-44-48-52-56-60-64-75-69(74)63-59-55-51-47-41-14-12-10-8-6-4-2/h57,61,66-67,71-72H,3-56,58-60,62-65H2,1-2H3,(H,70,73)/b61-57+. The second kappa shape index (κ2) is 65.1. The number of amides is 1. The normalized spacial score (nSPS) is 12.5. The molecule has 0 aromatic rings. The number of unbranched alkanes of at least 4 members (excludes halogenated alkanes) is 54. The first kappa shape index (κ1) is 73.6. The van der Waals surface area contributed by atoms with Gasteiger partial charge in [-0.25, -0.2) is 0 Å². The lowest BCUT2D eigenvalue weighted by Gasteiger charge is -2.20. The number of allylic oxidation sites excluding steroid dienone is 1. The minimum absolute atomic E-state index is 0.0166. The molecule has 0 aromatic carbocycles. The van der Waals surface area contributed by atoms with E-state index in [1.165, 1.54) is 327 Å². The first-order valence-electron chi connectivity index (χ1n) is 34.5. The van der Waals surface area contributed by atoms with Gasteiger partial charge in [-0.3, -0.25) is 9.59 Å². The zero-order valence-corrected chi connectivity index (χ0v) is 51.1. The number of hydrogen-bond acceptors (Lipinski definition) is 5. The number of esters is 1. The Morgan fingerprint density at radius 2 is 0.613 bits per heavy atom. The molecule has 0 spiro atoms. The highest BCUT2D eigenvalue weighted by Crippen LogP contribution is 2.19. The van der Waals surface area contributed by atoms with Crippen molar-refractivity contribution in [1.82, 2.24) is 5.32 Å². The van der Waals surface area contributed by atoms with E-state index < -0.39 is 12.1 Å². The first-order valence-corrected chi connectivity index (χ1v) is 34.5. The highest BCUT2D eigenvalue weighted by molar-refractivity contribution is 5.76. The Hall–Kier alpha value is -1.40. The van der Waals surface area contributed by atoms with Crippen LogP contribution >= 0.6 is 0 Å². The molecule has 446 valence electrons. The number of nitrogens with one attached hydrogen (secondary N) is 1. The van der Waals surface area contributed by atoms with Gasteiger partial charge < -0.3 is 20.3 Å². The van der Waals surface area contributed by atoms with E-state index in [0.717, 1.165) is 38.5 Å². The van der Waals surface area contributed by atoms with Crippen LogP contribution in [0.2, 0.25) is 0 Å². The van der Waals surface area contributed by atoms with Crippen molar-refractivity contribution in [3.05, 3.63) is 12.2 Å². The Morgan fingerprint density at radius 3 is 0.907 bits per heavy atom. The number of aliphatic hydroxyl groups excluding tert-OH is 2. The van der Waals surface area contributed by atoms with Gasteiger partial charge in [-0.15, -0.1) is 0 Å². The van der Waals surface area contributed by atoms with Crippen molar-refractivity contribution in [2.24, 2.45) is 0 Å². The van der Waals surface area contributed by atoms with Crippen LogP contribution in [0, 0.1) is 0 Å². The molecule has 6 heteroatoms. The fraction of sp³-hybridized carbons (Fsp3) is 0.942. The van der Waals surface area contributed by atoms with Gasteiger partial charge >= 0.3 is 5.97 Å². The largest absolute Gasteiger partial charge is 0.466 e. The molecule has 75 heavy (non-hydrogen) atoms. The molecule has 0 radical (unpaired) electrons. The zero-order chi connectivity index (χ0) is 54.3. The molecule has 6 nitrogen and oxygen atoms in total. The van der Waals surface area contributed by atoms with E-state index in [1.54, 1.807) is 6.08 Å². The number of ether oxygens (including phenoxy) is 1. The van der Waals surface area contributed by atoms with Gasteiger partial charge in [0.05, 0.1) is 25.4 Å². The molecule has 2 unspecified atom stereocenters. The van der Waals surface area contributed by atoms with Crippen molar-refractivity contribution in [3.8, 4) is 0 Å². The summed E-state index contributed by atoms with van der Waals surface area (Å²) in [5, 5.41) is 23.3. The van der Waals surface area contributed by atoms with Crippen LogP contribution in [0.4, 0.5) is 0 Å². The SMILES string of the molecule is CCCCCCCCCCCCCCCCCCCCCC/C=C/C(O)C(CO)NC(=O)CCCCCCCCCCCCCCCCCCCCCCCCCCCOC(=O)CCCCCCCCCCCCC. The van der Waals surface area contributed by atoms with Crippen LogP contribution in [0.25, 0.3) is 0 Å². The summed E-state index contributed by atoms with van der Waals surface area (Å²) in [6.45, 7) is 4.94. The van der Waals surface area contributed by atoms with E-state index in [1.807, 2.05) is 6.08 Å². The number of aliphatic hydroxyl groups is 2. The van der Waals surface area contributed by atoms with Gasteiger partial charge in [0.1, 0.15) is 0 Å². The van der Waals surface area contributed by atoms with Gasteiger partial charge in [-0.2, -0.15) is 0 Å². The fourth-order valence-corrected chi connectivity index (χ4v) is 11.1. The van der Waals surface area contributed by atoms with Crippen LogP contribution < -0.4 is 5.32 Å². The molecule has 3 N–H and O–H groups in total. The summed E-state index contributed by atoms with van der Waals surface area (Å²) >= 11 is 0. The molecule has 0 rings (SSSR count). The second-order valence-corrected chi connectivity index (χ2v) is 23.9. The van der Waals surface area contributed by atoms with Gasteiger partial charge in [0.25, 0.3) is 0 Å². The Bertz CT molecular complexity index is 1130. The van der Waals surface area contributed by atoms with Crippen LogP contribution in [0.5, 0.6) is 0 Å². The molecule has 0 aromatic heterocycles. The van der Waals surface area contributed by atoms with Crippen LogP contribution in [0.1, 0.15) is 393 Å². The summed E-state index contributed by atoms with van der Waals surface area (Å²) < 4.78 is 5.47. The number of carbonyl (C=O) groups is 2. The molecule has 0 saturated heterocycles. The molecule has 0 fully saturated rings. The number of carbonyl (C=O) groups excluding carboxylic acids is 2. The summed E-state index contributed by atoms with van der Waals surface area (Å²) in [4.78, 5) is 24.5. The first-order chi connectivity index (χ1) is 37.0. The van der Waals surface area contributed by atoms with Gasteiger partial charge in [-0.1, -0.05) is 360 Å². The topological polar surface area (TPSA) is 95.9 Å². The minimum Gasteiger partial charge on any atom is -0.466 e. The van der Waals surface area contributed by atoms with Crippen LogP contribution in [-0.2, 0) is 14.3 Å². The minimum atomic E-state index is -0.844. The third kappa shape index (κ3) is 61.7. The predicted octanol–water partition coefficient (Wildman–Crippen LogP) is 22.0. The summed E-state index contributed by atoms with van der Waals surface area (Å²) in [7, 11) is 0. The molecule has 1 amide bonds. The third-order valence-corrected chi connectivity index (χ3v) is 16.3. The summed E-state index contributed by atoms with van der Waals surface area (Å²) in [5.41, 5.74) is 0. The van der Waals surface area contributed by atoms with Crippen molar-refractivity contribution < 1.29 is 24.5 Å². The second-order valence-electron chi connectivity index (χ2n) is 23.9. The molecule has 0 bridgehead atoms. The Morgan fingerprint density at radius 1 is 0.360 bits per heavy atom. The zero-order valence-electron chi connectivity index (χ0n) is 51.1. The van der Waals surface area contributed by atoms with E-state index in [4.69, 9.17) is 4.74 Å². The quantitative estimate of drug-likeness (QED) is 0.0320. The van der Waals surface area contributed by atoms with E-state index in [0.29, 0.717) is 19.4 Å². The van der Waals surface area contributed by atoms with Crippen molar-refractivity contribution >= 4 is 11.9 Å². The highest BCUT2D eigenvalue weighted by atomic mass is 16.5. The predicted molar refractivity (Wildman–Crippen MR) is 329 cm³/mol. The molecule has 0 saturated carbocycles. The average Bonchev–Trinajstić information content (AvgIpc) is 3.41. The Kier molecular flexibility index (Phi) is 63.9. The van der Waals surface area contributed by atoms with Crippen LogP contribution in [0.15, 0.2) is 12.2 Å². The van der Waals surface area contributed by atoms with Crippen LogP contribution in [-0.4, -0.2) is 47.4 Å². The maximum atomic E-state index is 12.5. The molecule has 0 aliphatic rings. The van der Waals surface area contributed by atoms with Gasteiger partial charge in [0.2, 0.25) is 5.91 Å². The maximum Gasteiger partial charge on any atom is 0.305 e. The van der Waals surface area contributed by atoms with Gasteiger partial charge in [0.15, 0.2) is 0 Å². The Balaban J connectivity index is 3.39. The van der Waals surface area contributed by atoms with E-state index in [-0.39, 0.29) is 18.5 Å². The van der Waals surface area contributed by atoms with Gasteiger partial charge in [0, 0.05) is 12.8 Å². The molecule has 0 aliphatic carbocycles. The third-order valence-electron chi connectivity index (χ3n) is 16.3. The van der Waals surface area contributed by atoms with Crippen molar-refractivity contribution in [1.29, 1.82) is 0 Å². The van der Waals surface area contributed by atoms with Gasteiger partial charge in [-0.05, 0) is 32.1 Å². The smallest absolute Gasteiger partial charge is 0.305 e. The molecule has 2 atom stereocenters. The van der Waals surface area contributed by atoms with E-state index in [9.17, 15) is 19.8 Å². The average molecular weight is 1060 g/mol. The van der Waals surface area contributed by atoms with Crippen LogP contribution in [0.3, 0.4) is 0 Å². The van der Waals surface area contributed by atoms with E-state index >= 15 is 0 Å². The monoisotopic (exact) mass is 1060 g/mol. The summed E-state index contributed by atoms with van der Waals surface area (Å²) in [6.07, 6.45) is 80.0. The van der Waals surface area contributed by atoms with E-state index in [2.05, 4.69) is 19.2 Å². The van der Waals surface area contributed by atoms with Crippen molar-refractivity contribution in [2.45, 2.75) is 405 Å². The molecular weight excluding hydrogens is 923 g/mol. The highest BCUT2D eigenvalue weighted by Gasteiger charge is 2.18. The molecule has 0 aliphatic heterocycles. The fourth-order valence-electron chi connectivity index (χ4n) is 11.1. The van der Waals surface area contributed by atoms with Crippen molar-refractivity contribution in [3.63, 3.8) is 0 Å². The summed E-state index contributed by atoms with van der Waals surface area (Å²) in [6, 6.07) is -0.627. The molecular formula is C69H135NO5. The number of hydrogen-bond donors (Lipinski definition) is 3. The number of rotatable bonds is 65.